The van der Waals surface area contributed by atoms with Crippen molar-refractivity contribution in [2.24, 2.45) is 0 Å². The highest BCUT2D eigenvalue weighted by molar-refractivity contribution is 7.89. The third-order valence-electron chi connectivity index (χ3n) is 3.90. The molecule has 1 saturated heterocycles. The van der Waals surface area contributed by atoms with Gasteiger partial charge in [-0.25, -0.2) is 22.2 Å². The maximum atomic E-state index is 13.3. The average molecular weight is 399 g/mol. The third-order valence-corrected chi connectivity index (χ3v) is 6.53. The lowest BCUT2D eigenvalue weighted by atomic mass is 10.3. The van der Waals surface area contributed by atoms with Crippen molar-refractivity contribution in [2.45, 2.75) is 4.90 Å². The first kappa shape index (κ1) is 18.6. The van der Waals surface area contributed by atoms with E-state index in [4.69, 9.17) is 0 Å². The first-order valence-corrected chi connectivity index (χ1v) is 10.0. The maximum absolute atomic E-state index is 13.3. The average Bonchev–Trinajstić information content (AvgIpc) is 3.15. The molecule has 1 aromatic carbocycles. The Balaban J connectivity index is 1.64. The zero-order valence-electron chi connectivity index (χ0n) is 13.5. The summed E-state index contributed by atoms with van der Waals surface area (Å²) in [5.74, 6) is -2.55. The predicted octanol–water partition coefficient (Wildman–Crippen LogP) is 1.97. The quantitative estimate of drug-likeness (QED) is 0.737. The number of rotatable bonds is 4. The van der Waals surface area contributed by atoms with Crippen LogP contribution in [0.2, 0.25) is 0 Å². The largest absolute Gasteiger partial charge is 0.337 e. The van der Waals surface area contributed by atoms with Crippen LogP contribution in [0.15, 0.2) is 40.7 Å². The topological polar surface area (TPSA) is 70.6 Å². The van der Waals surface area contributed by atoms with Crippen molar-refractivity contribution in [2.75, 3.05) is 26.2 Å². The summed E-state index contributed by atoms with van der Waals surface area (Å²) in [7, 11) is -3.94. The molecule has 10 heteroatoms. The number of amides is 1. The van der Waals surface area contributed by atoms with E-state index in [9.17, 15) is 22.0 Å². The number of nitrogens with zero attached hydrogens (tertiary/aromatic N) is 3. The van der Waals surface area contributed by atoms with Crippen molar-refractivity contribution in [3.8, 4) is 0 Å². The summed E-state index contributed by atoms with van der Waals surface area (Å²) in [6, 6.07) is 2.48. The van der Waals surface area contributed by atoms with E-state index in [0.717, 1.165) is 16.4 Å². The van der Waals surface area contributed by atoms with E-state index in [0.29, 0.717) is 11.1 Å². The second-order valence-electron chi connectivity index (χ2n) is 5.51. The monoisotopic (exact) mass is 399 g/mol. The van der Waals surface area contributed by atoms with Gasteiger partial charge in [-0.2, -0.15) is 4.31 Å². The van der Waals surface area contributed by atoms with Gasteiger partial charge in [-0.15, -0.1) is 11.3 Å². The second-order valence-corrected chi connectivity index (χ2v) is 8.37. The van der Waals surface area contributed by atoms with E-state index in [-0.39, 0.29) is 37.0 Å². The van der Waals surface area contributed by atoms with E-state index >= 15 is 0 Å². The molecule has 1 aliphatic heterocycles. The number of benzene rings is 1. The number of hydrogen-bond donors (Lipinski definition) is 0. The number of carbonyl (C=O) groups excluding carboxylic acids is 1. The molecule has 0 unspecified atom stereocenters. The molecule has 2 aromatic rings. The van der Waals surface area contributed by atoms with Crippen molar-refractivity contribution >= 4 is 33.3 Å². The van der Waals surface area contributed by atoms with Crippen molar-refractivity contribution in [1.82, 2.24) is 14.2 Å². The summed E-state index contributed by atoms with van der Waals surface area (Å²) in [4.78, 5) is 17.4. The lowest BCUT2D eigenvalue weighted by Gasteiger charge is -2.33. The summed E-state index contributed by atoms with van der Waals surface area (Å²) in [6.07, 6.45) is 4.65. The van der Waals surface area contributed by atoms with Crippen LogP contribution in [0.5, 0.6) is 0 Å². The summed E-state index contributed by atoms with van der Waals surface area (Å²) in [6.45, 7) is 0.588. The number of hydrogen-bond acceptors (Lipinski definition) is 5. The molecule has 0 atom stereocenters. The Kier molecular flexibility index (Phi) is 5.44. The van der Waals surface area contributed by atoms with Gasteiger partial charge in [0.05, 0.1) is 4.90 Å². The minimum Gasteiger partial charge on any atom is -0.337 e. The molecule has 0 N–H and O–H groups in total. The van der Waals surface area contributed by atoms with E-state index in [1.165, 1.54) is 22.3 Å². The molecule has 1 amide bonds. The van der Waals surface area contributed by atoms with Crippen molar-refractivity contribution < 1.29 is 22.0 Å². The van der Waals surface area contributed by atoms with Crippen LogP contribution < -0.4 is 0 Å². The first-order chi connectivity index (χ1) is 12.4. The van der Waals surface area contributed by atoms with Gasteiger partial charge in [0.2, 0.25) is 15.9 Å². The normalized spacial score (nSPS) is 16.3. The van der Waals surface area contributed by atoms with Gasteiger partial charge in [-0.3, -0.25) is 4.79 Å². The molecule has 3 rings (SSSR count). The fourth-order valence-electron chi connectivity index (χ4n) is 2.50. The summed E-state index contributed by atoms with van der Waals surface area (Å²) in [5, 5.41) is 2.50. The van der Waals surface area contributed by atoms with E-state index in [1.807, 2.05) is 0 Å². The molecule has 138 valence electrons. The van der Waals surface area contributed by atoms with Gasteiger partial charge < -0.3 is 4.90 Å². The SMILES string of the molecule is O=C(/C=C/c1nccs1)N1CCN(S(=O)(=O)c2ccc(F)c(F)c2)CC1. The molecule has 1 aliphatic rings. The molecule has 0 aliphatic carbocycles. The van der Waals surface area contributed by atoms with Crippen LogP contribution in [0.25, 0.3) is 6.08 Å². The minimum absolute atomic E-state index is 0.0815. The van der Waals surface area contributed by atoms with Crippen LogP contribution in [0.1, 0.15) is 5.01 Å². The summed E-state index contributed by atoms with van der Waals surface area (Å²) < 4.78 is 52.5. The Hall–Kier alpha value is -2.17. The zero-order chi connectivity index (χ0) is 18.7. The van der Waals surface area contributed by atoms with Crippen LogP contribution in [-0.2, 0) is 14.8 Å². The molecule has 0 saturated carbocycles. The molecular weight excluding hydrogens is 384 g/mol. The fraction of sp³-hybridized carbons (Fsp3) is 0.250. The molecule has 6 nitrogen and oxygen atoms in total. The van der Waals surface area contributed by atoms with Crippen LogP contribution in [0.4, 0.5) is 8.78 Å². The second kappa shape index (κ2) is 7.60. The highest BCUT2D eigenvalue weighted by Crippen LogP contribution is 2.20. The molecular formula is C16H15F2N3O3S2. The Morgan fingerprint density at radius 2 is 1.88 bits per heavy atom. The number of piperazine rings is 1. The lowest BCUT2D eigenvalue weighted by Crippen LogP contribution is -2.50. The van der Waals surface area contributed by atoms with Gasteiger partial charge in [-0.1, -0.05) is 0 Å². The molecule has 0 radical (unpaired) electrons. The standard InChI is InChI=1S/C16H15F2N3O3S2/c17-13-2-1-12(11-14(13)18)26(23,24)21-8-6-20(7-9-21)16(22)4-3-15-19-5-10-25-15/h1-5,10-11H,6-9H2/b4-3+. The zero-order valence-corrected chi connectivity index (χ0v) is 15.1. The van der Waals surface area contributed by atoms with Gasteiger partial charge in [0.15, 0.2) is 11.6 Å². The van der Waals surface area contributed by atoms with Gasteiger partial charge >= 0.3 is 0 Å². The van der Waals surface area contributed by atoms with Crippen molar-refractivity contribution in [1.29, 1.82) is 0 Å². The number of sulfonamides is 1. The number of aromatic nitrogens is 1. The molecule has 26 heavy (non-hydrogen) atoms. The lowest BCUT2D eigenvalue weighted by molar-refractivity contribution is -0.127. The molecule has 0 spiro atoms. The Morgan fingerprint density at radius 3 is 2.50 bits per heavy atom. The van der Waals surface area contributed by atoms with E-state index in [2.05, 4.69) is 4.98 Å². The van der Waals surface area contributed by atoms with Crippen LogP contribution >= 0.6 is 11.3 Å². The third kappa shape index (κ3) is 3.97. The number of carbonyl (C=O) groups is 1. The van der Waals surface area contributed by atoms with Crippen LogP contribution in [0, 0.1) is 11.6 Å². The molecule has 1 fully saturated rings. The molecule has 0 bridgehead atoms. The van der Waals surface area contributed by atoms with Gasteiger partial charge in [0.25, 0.3) is 0 Å². The highest BCUT2D eigenvalue weighted by Gasteiger charge is 2.30. The van der Waals surface area contributed by atoms with Crippen LogP contribution in [0.3, 0.4) is 0 Å². The van der Waals surface area contributed by atoms with Gasteiger partial charge in [-0.05, 0) is 24.3 Å². The summed E-state index contributed by atoms with van der Waals surface area (Å²) >= 11 is 1.40. The Labute approximate surface area is 153 Å². The minimum atomic E-state index is -3.94. The fourth-order valence-corrected chi connectivity index (χ4v) is 4.46. The van der Waals surface area contributed by atoms with Gasteiger partial charge in [0.1, 0.15) is 5.01 Å². The van der Waals surface area contributed by atoms with E-state index in [1.54, 1.807) is 17.7 Å². The van der Waals surface area contributed by atoms with Crippen molar-refractivity contribution in [3.63, 3.8) is 0 Å². The Bertz CT molecular complexity index is 922. The Morgan fingerprint density at radius 1 is 1.15 bits per heavy atom. The van der Waals surface area contributed by atoms with Gasteiger partial charge in [0, 0.05) is 43.8 Å². The van der Waals surface area contributed by atoms with Crippen molar-refractivity contribution in [3.05, 3.63) is 52.5 Å². The predicted molar refractivity (Wildman–Crippen MR) is 92.8 cm³/mol. The first-order valence-electron chi connectivity index (χ1n) is 7.69. The molecule has 2 heterocycles. The molecule has 1 aromatic heterocycles. The highest BCUT2D eigenvalue weighted by atomic mass is 32.2. The summed E-state index contributed by atoms with van der Waals surface area (Å²) in [5.41, 5.74) is 0. The van der Waals surface area contributed by atoms with Crippen LogP contribution in [-0.4, -0.2) is 54.7 Å². The smallest absolute Gasteiger partial charge is 0.246 e. The number of thiazole rings is 1. The maximum Gasteiger partial charge on any atom is 0.246 e. The number of halogens is 2. The van der Waals surface area contributed by atoms with E-state index < -0.39 is 21.7 Å².